The molecule has 2 heterocycles. The van der Waals surface area contributed by atoms with Crippen LogP contribution in [-0.4, -0.2) is 25.6 Å². The first-order valence-electron chi connectivity index (χ1n) is 7.67. The van der Waals surface area contributed by atoms with E-state index in [1.54, 1.807) is 48.2 Å². The van der Waals surface area contributed by atoms with Crippen LogP contribution in [0.15, 0.2) is 39.9 Å². The van der Waals surface area contributed by atoms with Gasteiger partial charge in [0.05, 0.1) is 17.8 Å². The van der Waals surface area contributed by atoms with Crippen molar-refractivity contribution in [2.24, 2.45) is 7.05 Å². The van der Waals surface area contributed by atoms with E-state index in [1.165, 1.54) is 0 Å². The highest BCUT2D eigenvalue weighted by molar-refractivity contribution is 7.94. The lowest BCUT2D eigenvalue weighted by Crippen LogP contribution is -2.13. The van der Waals surface area contributed by atoms with E-state index in [4.69, 9.17) is 4.74 Å². The van der Waals surface area contributed by atoms with Crippen LogP contribution in [0.4, 0.5) is 5.69 Å². The minimum Gasteiger partial charge on any atom is -0.461 e. The molecule has 8 heteroatoms. The number of rotatable bonds is 5. The molecule has 1 N–H and O–H groups in total. The first-order valence-corrected chi connectivity index (χ1v) is 10.0. The fraction of sp³-hybridized carbons (Fsp3) is 0.235. The van der Waals surface area contributed by atoms with Gasteiger partial charge < -0.3 is 9.30 Å². The topological polar surface area (TPSA) is 77.4 Å². The third-order valence-electron chi connectivity index (χ3n) is 3.90. The van der Waals surface area contributed by atoms with Crippen molar-refractivity contribution in [3.8, 4) is 0 Å². The molecule has 0 aliphatic heterocycles. The molecule has 0 aliphatic rings. The number of anilines is 1. The molecule has 3 aromatic rings. The number of carbonyl (C=O) groups excluding carboxylic acids is 1. The Morgan fingerprint density at radius 1 is 1.32 bits per heavy atom. The van der Waals surface area contributed by atoms with Gasteiger partial charge in [-0.05, 0) is 43.0 Å². The molecular weight excluding hydrogens is 360 g/mol. The minimum absolute atomic E-state index is 0.237. The standard InChI is InChI=1S/C17H18N2O4S2/c1-4-23-17(20)14-10-12-11(2)7-8-13(16(12)19(14)3)18-25(21,22)15-6-5-9-24-15/h5-10,18H,4H2,1-3H3. The first-order chi connectivity index (χ1) is 11.8. The SMILES string of the molecule is CCOC(=O)c1cc2c(C)ccc(NS(=O)(=O)c3cccs3)c2n1C. The Labute approximate surface area is 150 Å². The molecule has 0 aliphatic carbocycles. The van der Waals surface area contributed by atoms with E-state index in [-0.39, 0.29) is 10.8 Å². The lowest BCUT2D eigenvalue weighted by Gasteiger charge is -2.11. The van der Waals surface area contributed by atoms with Crippen molar-refractivity contribution in [1.82, 2.24) is 4.57 Å². The predicted octanol–water partition coefficient (Wildman–Crippen LogP) is 3.53. The number of fused-ring (bicyclic) bond motifs is 1. The smallest absolute Gasteiger partial charge is 0.354 e. The highest BCUT2D eigenvalue weighted by Crippen LogP contribution is 2.31. The second-order valence-corrected chi connectivity index (χ2v) is 8.40. The summed E-state index contributed by atoms with van der Waals surface area (Å²) in [5.74, 6) is -0.437. The number of aromatic nitrogens is 1. The summed E-state index contributed by atoms with van der Waals surface area (Å²) in [6.07, 6.45) is 0. The molecule has 132 valence electrons. The summed E-state index contributed by atoms with van der Waals surface area (Å²) >= 11 is 1.15. The fourth-order valence-electron chi connectivity index (χ4n) is 2.70. The van der Waals surface area contributed by atoms with Crippen molar-refractivity contribution in [1.29, 1.82) is 0 Å². The molecule has 0 spiro atoms. The molecule has 6 nitrogen and oxygen atoms in total. The Morgan fingerprint density at radius 2 is 2.08 bits per heavy atom. The Morgan fingerprint density at radius 3 is 2.72 bits per heavy atom. The lowest BCUT2D eigenvalue weighted by atomic mass is 10.1. The third-order valence-corrected chi connectivity index (χ3v) is 6.66. The number of benzene rings is 1. The largest absolute Gasteiger partial charge is 0.461 e. The first kappa shape index (κ1) is 17.5. The van der Waals surface area contributed by atoms with Crippen LogP contribution in [0.5, 0.6) is 0 Å². The van der Waals surface area contributed by atoms with Gasteiger partial charge in [-0.3, -0.25) is 4.72 Å². The van der Waals surface area contributed by atoms with Gasteiger partial charge in [-0.15, -0.1) is 11.3 Å². The number of esters is 1. The van der Waals surface area contributed by atoms with Gasteiger partial charge in [-0.25, -0.2) is 13.2 Å². The number of sulfonamides is 1. The van der Waals surface area contributed by atoms with Crippen LogP contribution in [0.1, 0.15) is 23.0 Å². The van der Waals surface area contributed by atoms with Crippen LogP contribution in [0, 0.1) is 6.92 Å². The van der Waals surface area contributed by atoms with Crippen LogP contribution < -0.4 is 4.72 Å². The molecule has 1 aromatic carbocycles. The van der Waals surface area contributed by atoms with E-state index in [1.807, 2.05) is 13.0 Å². The van der Waals surface area contributed by atoms with Crippen molar-refractivity contribution in [3.05, 3.63) is 47.0 Å². The number of ether oxygens (including phenoxy) is 1. The third kappa shape index (κ3) is 3.14. The Balaban J connectivity index is 2.14. The van der Waals surface area contributed by atoms with Gasteiger partial charge in [0, 0.05) is 12.4 Å². The summed E-state index contributed by atoms with van der Waals surface area (Å²) in [5, 5.41) is 2.51. The highest BCUT2D eigenvalue weighted by Gasteiger charge is 2.21. The summed E-state index contributed by atoms with van der Waals surface area (Å²) in [6, 6.07) is 8.49. The summed E-state index contributed by atoms with van der Waals surface area (Å²) in [5.41, 5.74) is 2.39. The number of carbonyl (C=O) groups is 1. The number of nitrogens with zero attached hydrogens (tertiary/aromatic N) is 1. The fourth-order valence-corrected chi connectivity index (χ4v) is 4.76. The van der Waals surface area contributed by atoms with E-state index in [9.17, 15) is 13.2 Å². The normalized spacial score (nSPS) is 11.6. The molecule has 0 unspecified atom stereocenters. The maximum absolute atomic E-state index is 12.5. The molecule has 0 saturated carbocycles. The van der Waals surface area contributed by atoms with Gasteiger partial charge in [0.15, 0.2) is 0 Å². The highest BCUT2D eigenvalue weighted by atomic mass is 32.2. The average Bonchev–Trinajstić information content (AvgIpc) is 3.19. The number of hydrogen-bond donors (Lipinski definition) is 1. The second-order valence-electron chi connectivity index (χ2n) is 5.54. The molecule has 2 aromatic heterocycles. The van der Waals surface area contributed by atoms with Crippen molar-refractivity contribution < 1.29 is 17.9 Å². The summed E-state index contributed by atoms with van der Waals surface area (Å²) < 4.78 is 34.7. The molecule has 0 bridgehead atoms. The van der Waals surface area contributed by atoms with Crippen molar-refractivity contribution in [2.75, 3.05) is 11.3 Å². The average molecular weight is 378 g/mol. The number of aryl methyl sites for hydroxylation is 2. The molecule has 0 fully saturated rings. The maximum atomic E-state index is 12.5. The van der Waals surface area contributed by atoms with Gasteiger partial charge in [-0.2, -0.15) is 0 Å². The van der Waals surface area contributed by atoms with Crippen LogP contribution >= 0.6 is 11.3 Å². The number of hydrogen-bond acceptors (Lipinski definition) is 5. The predicted molar refractivity (Wildman–Crippen MR) is 98.7 cm³/mol. The molecular formula is C17H18N2O4S2. The second kappa shape index (κ2) is 6.53. The van der Waals surface area contributed by atoms with Gasteiger partial charge in [0.2, 0.25) is 0 Å². The van der Waals surface area contributed by atoms with Crippen LogP contribution in [0.3, 0.4) is 0 Å². The summed E-state index contributed by atoms with van der Waals surface area (Å²) in [6.45, 7) is 3.93. The van der Waals surface area contributed by atoms with E-state index < -0.39 is 16.0 Å². The molecule has 0 atom stereocenters. The van der Waals surface area contributed by atoms with E-state index in [0.717, 1.165) is 22.3 Å². The number of thiophene rings is 1. The zero-order valence-electron chi connectivity index (χ0n) is 14.1. The quantitative estimate of drug-likeness (QED) is 0.689. The van der Waals surface area contributed by atoms with Crippen LogP contribution in [0.25, 0.3) is 10.9 Å². The van der Waals surface area contributed by atoms with E-state index in [0.29, 0.717) is 16.9 Å². The van der Waals surface area contributed by atoms with Gasteiger partial charge in [-0.1, -0.05) is 12.1 Å². The van der Waals surface area contributed by atoms with Crippen LogP contribution in [0.2, 0.25) is 0 Å². The van der Waals surface area contributed by atoms with Crippen molar-refractivity contribution in [2.45, 2.75) is 18.1 Å². The molecule has 0 amide bonds. The van der Waals surface area contributed by atoms with Gasteiger partial charge in [0.1, 0.15) is 9.90 Å². The monoisotopic (exact) mass is 378 g/mol. The van der Waals surface area contributed by atoms with Gasteiger partial charge in [0.25, 0.3) is 10.0 Å². The maximum Gasteiger partial charge on any atom is 0.354 e. The molecule has 0 radical (unpaired) electrons. The minimum atomic E-state index is -3.67. The van der Waals surface area contributed by atoms with Crippen molar-refractivity contribution in [3.63, 3.8) is 0 Å². The Hall–Kier alpha value is -2.32. The zero-order valence-corrected chi connectivity index (χ0v) is 15.7. The Bertz CT molecular complexity index is 1030. The van der Waals surface area contributed by atoms with E-state index >= 15 is 0 Å². The van der Waals surface area contributed by atoms with Crippen LogP contribution in [-0.2, 0) is 21.8 Å². The lowest BCUT2D eigenvalue weighted by molar-refractivity contribution is 0.0516. The Kier molecular flexibility index (Phi) is 4.57. The van der Waals surface area contributed by atoms with Gasteiger partial charge >= 0.3 is 5.97 Å². The van der Waals surface area contributed by atoms with Crippen molar-refractivity contribution >= 4 is 43.9 Å². The molecule has 3 rings (SSSR count). The number of nitrogens with one attached hydrogen (secondary N) is 1. The summed E-state index contributed by atoms with van der Waals surface area (Å²) in [7, 11) is -1.95. The molecule has 0 saturated heterocycles. The van der Waals surface area contributed by atoms with E-state index in [2.05, 4.69) is 4.72 Å². The zero-order chi connectivity index (χ0) is 18.2. The summed E-state index contributed by atoms with van der Waals surface area (Å²) in [4.78, 5) is 12.1. The molecule has 25 heavy (non-hydrogen) atoms.